The molecule has 0 heterocycles. The second-order valence-corrected chi connectivity index (χ2v) is 7.55. The maximum atomic E-state index is 12.7. The van der Waals surface area contributed by atoms with Crippen molar-refractivity contribution in [2.75, 3.05) is 0 Å². The molecule has 0 aromatic heterocycles. The second-order valence-electron chi connectivity index (χ2n) is 7.55. The fourth-order valence-corrected chi connectivity index (χ4v) is 5.67. The highest BCUT2D eigenvalue weighted by molar-refractivity contribution is 5.91. The first kappa shape index (κ1) is 10.8. The summed E-state index contributed by atoms with van der Waals surface area (Å²) in [6.45, 7) is 9.09. The third-order valence-corrected chi connectivity index (χ3v) is 6.43. The number of hydrogen-bond acceptors (Lipinski definition) is 1. The standard InChI is InChI=1S/C15H24O/c1-10-5-6-11-13(2,3)12(16)14(4)7-8-15(10,11)9-14/h10-11H,5-9H2,1-4H3/t10-,11+,14+,15-/m1/s1. The van der Waals surface area contributed by atoms with E-state index in [-0.39, 0.29) is 10.8 Å². The van der Waals surface area contributed by atoms with E-state index >= 15 is 0 Å². The average molecular weight is 220 g/mol. The van der Waals surface area contributed by atoms with Crippen LogP contribution >= 0.6 is 0 Å². The highest BCUT2D eigenvalue weighted by Gasteiger charge is 2.67. The molecule has 0 aliphatic heterocycles. The summed E-state index contributed by atoms with van der Waals surface area (Å²) in [6.07, 6.45) is 6.28. The molecule has 2 bridgehead atoms. The molecule has 3 rings (SSSR count). The fraction of sp³-hybridized carbons (Fsp3) is 0.933. The van der Waals surface area contributed by atoms with E-state index in [1.165, 1.54) is 25.7 Å². The third-order valence-electron chi connectivity index (χ3n) is 6.43. The van der Waals surface area contributed by atoms with Crippen LogP contribution < -0.4 is 0 Å². The van der Waals surface area contributed by atoms with Gasteiger partial charge in [-0.3, -0.25) is 4.79 Å². The summed E-state index contributed by atoms with van der Waals surface area (Å²) >= 11 is 0. The van der Waals surface area contributed by atoms with Gasteiger partial charge in [0.25, 0.3) is 0 Å². The van der Waals surface area contributed by atoms with Crippen molar-refractivity contribution in [2.24, 2.45) is 28.1 Å². The van der Waals surface area contributed by atoms with E-state index in [0.29, 0.717) is 17.1 Å². The molecule has 1 spiro atoms. The number of Topliss-reactive ketones (excluding diaryl/α,β-unsaturated/α-hetero) is 1. The molecule has 3 aliphatic carbocycles. The van der Waals surface area contributed by atoms with E-state index in [2.05, 4.69) is 27.7 Å². The van der Waals surface area contributed by atoms with Crippen molar-refractivity contribution < 1.29 is 4.79 Å². The van der Waals surface area contributed by atoms with Crippen molar-refractivity contribution in [1.82, 2.24) is 0 Å². The normalized spacial score (nSPS) is 54.1. The van der Waals surface area contributed by atoms with E-state index in [1.54, 1.807) is 0 Å². The van der Waals surface area contributed by atoms with Gasteiger partial charge in [0, 0.05) is 10.8 Å². The summed E-state index contributed by atoms with van der Waals surface area (Å²) in [6, 6.07) is 0. The number of hydrogen-bond donors (Lipinski definition) is 0. The molecule has 1 heteroatoms. The summed E-state index contributed by atoms with van der Waals surface area (Å²) in [5.41, 5.74) is 0.471. The van der Waals surface area contributed by atoms with Crippen LogP contribution in [0.2, 0.25) is 0 Å². The van der Waals surface area contributed by atoms with E-state index in [9.17, 15) is 4.79 Å². The molecular weight excluding hydrogens is 196 g/mol. The maximum absolute atomic E-state index is 12.7. The molecule has 90 valence electrons. The van der Waals surface area contributed by atoms with Gasteiger partial charge in [-0.25, -0.2) is 0 Å². The zero-order valence-corrected chi connectivity index (χ0v) is 11.1. The topological polar surface area (TPSA) is 17.1 Å². The van der Waals surface area contributed by atoms with Crippen LogP contribution in [0.25, 0.3) is 0 Å². The van der Waals surface area contributed by atoms with Gasteiger partial charge in [-0.2, -0.15) is 0 Å². The van der Waals surface area contributed by atoms with Gasteiger partial charge in [0.15, 0.2) is 0 Å². The lowest BCUT2D eigenvalue weighted by molar-refractivity contribution is -0.148. The molecule has 1 nitrogen and oxygen atoms in total. The van der Waals surface area contributed by atoms with Crippen LogP contribution in [0, 0.1) is 28.1 Å². The van der Waals surface area contributed by atoms with Crippen molar-refractivity contribution in [2.45, 2.75) is 59.8 Å². The van der Waals surface area contributed by atoms with E-state index in [0.717, 1.165) is 12.3 Å². The molecule has 0 unspecified atom stereocenters. The Morgan fingerprint density at radius 2 is 1.81 bits per heavy atom. The van der Waals surface area contributed by atoms with Gasteiger partial charge in [-0.15, -0.1) is 0 Å². The molecule has 0 N–H and O–H groups in total. The van der Waals surface area contributed by atoms with Gasteiger partial charge < -0.3 is 0 Å². The molecule has 0 aromatic rings. The summed E-state index contributed by atoms with van der Waals surface area (Å²) in [5, 5.41) is 0. The van der Waals surface area contributed by atoms with Gasteiger partial charge in [0.1, 0.15) is 5.78 Å². The largest absolute Gasteiger partial charge is 0.298 e. The number of rotatable bonds is 0. The molecule has 3 fully saturated rings. The number of ketones is 1. The predicted octanol–water partition coefficient (Wildman–Crippen LogP) is 3.82. The molecule has 0 saturated heterocycles. The Labute approximate surface area is 99.0 Å². The summed E-state index contributed by atoms with van der Waals surface area (Å²) < 4.78 is 0. The van der Waals surface area contributed by atoms with Gasteiger partial charge in [0.05, 0.1) is 0 Å². The van der Waals surface area contributed by atoms with Crippen LogP contribution in [0.3, 0.4) is 0 Å². The van der Waals surface area contributed by atoms with Crippen molar-refractivity contribution in [3.05, 3.63) is 0 Å². The summed E-state index contributed by atoms with van der Waals surface area (Å²) in [5.74, 6) is 2.07. The Morgan fingerprint density at radius 1 is 1.12 bits per heavy atom. The molecule has 3 aliphatic rings. The van der Waals surface area contributed by atoms with Crippen LogP contribution in [0.15, 0.2) is 0 Å². The van der Waals surface area contributed by atoms with Crippen molar-refractivity contribution >= 4 is 5.78 Å². The van der Waals surface area contributed by atoms with Crippen LogP contribution in [0.1, 0.15) is 59.8 Å². The van der Waals surface area contributed by atoms with Gasteiger partial charge in [-0.05, 0) is 49.4 Å². The first-order valence-corrected chi connectivity index (χ1v) is 6.88. The minimum atomic E-state index is -0.0613. The van der Waals surface area contributed by atoms with Gasteiger partial charge in [-0.1, -0.05) is 27.7 Å². The fourth-order valence-electron chi connectivity index (χ4n) is 5.67. The van der Waals surface area contributed by atoms with Gasteiger partial charge >= 0.3 is 0 Å². The minimum Gasteiger partial charge on any atom is -0.298 e. The minimum absolute atomic E-state index is 0.0125. The van der Waals surface area contributed by atoms with Crippen molar-refractivity contribution in [3.63, 3.8) is 0 Å². The smallest absolute Gasteiger partial charge is 0.144 e. The molecule has 3 saturated carbocycles. The lowest BCUT2D eigenvalue weighted by Gasteiger charge is -2.50. The van der Waals surface area contributed by atoms with Crippen LogP contribution in [0.5, 0.6) is 0 Å². The summed E-state index contributed by atoms with van der Waals surface area (Å²) in [7, 11) is 0. The van der Waals surface area contributed by atoms with Gasteiger partial charge in [0.2, 0.25) is 0 Å². The zero-order valence-electron chi connectivity index (χ0n) is 11.1. The van der Waals surface area contributed by atoms with Crippen LogP contribution in [0.4, 0.5) is 0 Å². The molecule has 16 heavy (non-hydrogen) atoms. The monoisotopic (exact) mass is 220 g/mol. The lowest BCUT2D eigenvalue weighted by atomic mass is 9.52. The van der Waals surface area contributed by atoms with Crippen LogP contribution in [-0.4, -0.2) is 5.78 Å². The Bertz CT molecular complexity index is 356. The highest BCUT2D eigenvalue weighted by Crippen LogP contribution is 2.71. The first-order chi connectivity index (χ1) is 7.33. The quantitative estimate of drug-likeness (QED) is 0.606. The average Bonchev–Trinajstić information content (AvgIpc) is 2.69. The first-order valence-electron chi connectivity index (χ1n) is 6.88. The summed E-state index contributed by atoms with van der Waals surface area (Å²) in [4.78, 5) is 12.7. The van der Waals surface area contributed by atoms with Crippen LogP contribution in [-0.2, 0) is 4.79 Å². The van der Waals surface area contributed by atoms with E-state index < -0.39 is 0 Å². The number of carbonyl (C=O) groups excluding carboxylic acids is 1. The Hall–Kier alpha value is -0.330. The zero-order chi connectivity index (χ0) is 11.8. The number of carbonyl (C=O) groups is 1. The molecular formula is C15H24O. The SMILES string of the molecule is C[C@@H]1CC[C@H]2C(C)(C)C(=O)[C@@]3(C)CC[C@@]12C3. The predicted molar refractivity (Wildman–Crippen MR) is 65.1 cm³/mol. The Morgan fingerprint density at radius 3 is 2.50 bits per heavy atom. The molecule has 0 radical (unpaired) electrons. The Kier molecular flexibility index (Phi) is 1.85. The Balaban J connectivity index is 2.14. The van der Waals surface area contributed by atoms with Crippen molar-refractivity contribution in [3.8, 4) is 0 Å². The molecule has 0 amide bonds. The molecule has 0 aromatic carbocycles. The molecule has 4 atom stereocenters. The van der Waals surface area contributed by atoms with Crippen molar-refractivity contribution in [1.29, 1.82) is 0 Å². The highest BCUT2D eigenvalue weighted by atomic mass is 16.1. The number of fused-ring (bicyclic) bond motifs is 1. The second kappa shape index (κ2) is 2.73. The lowest BCUT2D eigenvalue weighted by Crippen LogP contribution is -2.51. The maximum Gasteiger partial charge on any atom is 0.144 e. The third kappa shape index (κ3) is 0.966. The van der Waals surface area contributed by atoms with E-state index in [4.69, 9.17) is 0 Å². The van der Waals surface area contributed by atoms with E-state index in [1.807, 2.05) is 0 Å².